The lowest BCUT2D eigenvalue weighted by atomic mass is 10.0. The molecule has 1 saturated heterocycles. The molecule has 2 rings (SSSR count). The number of hydrogen-bond donors (Lipinski definition) is 1. The van der Waals surface area contributed by atoms with Crippen molar-refractivity contribution in [3.63, 3.8) is 0 Å². The Morgan fingerprint density at radius 2 is 2.05 bits per heavy atom. The smallest absolute Gasteiger partial charge is 0.254 e. The number of rotatable bonds is 1. The lowest BCUT2D eigenvalue weighted by Crippen LogP contribution is -2.44. The Bertz CT molecular complexity index is 578. The summed E-state index contributed by atoms with van der Waals surface area (Å²) in [4.78, 5) is 14.7. The second-order valence-electron chi connectivity index (χ2n) is 5.45. The van der Waals surface area contributed by atoms with Crippen LogP contribution in [0.3, 0.4) is 0 Å². The molecule has 112 valence electrons. The van der Waals surface area contributed by atoms with Gasteiger partial charge >= 0.3 is 0 Å². The molecule has 1 aliphatic heterocycles. The van der Waals surface area contributed by atoms with Crippen molar-refractivity contribution < 1.29 is 4.79 Å². The Morgan fingerprint density at radius 1 is 1.38 bits per heavy atom. The molecular weight excluding hydrogens is 280 g/mol. The largest absolute Gasteiger partial charge is 0.336 e. The minimum absolute atomic E-state index is 0.114. The maximum atomic E-state index is 12.8. The summed E-state index contributed by atoms with van der Waals surface area (Å²) in [6.45, 7) is 8.26. The molecule has 1 amide bonds. The van der Waals surface area contributed by atoms with Gasteiger partial charge < -0.3 is 10.6 Å². The van der Waals surface area contributed by atoms with Gasteiger partial charge in [-0.05, 0) is 24.6 Å². The molecule has 2 atom stereocenters. The van der Waals surface area contributed by atoms with Crippen molar-refractivity contribution in [3.8, 4) is 11.8 Å². The van der Waals surface area contributed by atoms with Gasteiger partial charge in [0.1, 0.15) is 0 Å². The molecule has 2 N–H and O–H groups in total. The van der Waals surface area contributed by atoms with Gasteiger partial charge in [-0.1, -0.05) is 31.8 Å². The van der Waals surface area contributed by atoms with E-state index in [0.717, 1.165) is 29.8 Å². The first kappa shape index (κ1) is 15.9. The molecule has 0 aromatic heterocycles. The first-order chi connectivity index (χ1) is 10.0. The molecule has 4 heteroatoms. The van der Waals surface area contributed by atoms with Crippen LogP contribution in [0, 0.1) is 18.8 Å². The van der Waals surface area contributed by atoms with Crippen LogP contribution in [-0.2, 0) is 0 Å². The topological polar surface area (TPSA) is 46.3 Å². The Morgan fingerprint density at radius 3 is 2.67 bits per heavy atom. The van der Waals surface area contributed by atoms with Crippen molar-refractivity contribution in [3.05, 3.63) is 34.9 Å². The molecule has 1 aliphatic rings. The van der Waals surface area contributed by atoms with E-state index in [1.54, 1.807) is 0 Å². The van der Waals surface area contributed by atoms with E-state index in [2.05, 4.69) is 25.7 Å². The molecular formula is C17H22N2OS. The number of carbonyl (C=O) groups excluding carboxylic acids is 1. The van der Waals surface area contributed by atoms with Gasteiger partial charge in [0, 0.05) is 34.7 Å². The molecule has 1 aromatic carbocycles. The second-order valence-corrected chi connectivity index (χ2v) is 7.33. The van der Waals surface area contributed by atoms with Crippen LogP contribution in [0.1, 0.15) is 35.3 Å². The molecule has 1 heterocycles. The number of thioether (sulfide) groups is 1. The van der Waals surface area contributed by atoms with Crippen molar-refractivity contribution in [1.29, 1.82) is 0 Å². The first-order valence-electron chi connectivity index (χ1n) is 7.26. The zero-order valence-electron chi connectivity index (χ0n) is 12.8. The average Bonchev–Trinajstić information content (AvgIpc) is 2.44. The van der Waals surface area contributed by atoms with Gasteiger partial charge in [0.25, 0.3) is 5.91 Å². The van der Waals surface area contributed by atoms with Crippen molar-refractivity contribution >= 4 is 17.7 Å². The highest BCUT2D eigenvalue weighted by Gasteiger charge is 2.27. The van der Waals surface area contributed by atoms with E-state index in [9.17, 15) is 4.79 Å². The third kappa shape index (κ3) is 3.81. The van der Waals surface area contributed by atoms with Crippen LogP contribution in [0.2, 0.25) is 0 Å². The van der Waals surface area contributed by atoms with Crippen LogP contribution in [0.4, 0.5) is 0 Å². The molecule has 0 spiro atoms. The van der Waals surface area contributed by atoms with Crippen LogP contribution in [0.15, 0.2) is 18.2 Å². The van der Waals surface area contributed by atoms with Crippen LogP contribution >= 0.6 is 11.8 Å². The Labute approximate surface area is 131 Å². The number of nitrogens with two attached hydrogens (primary N) is 1. The molecule has 0 aliphatic carbocycles. The fraction of sp³-hybridized carbons (Fsp3) is 0.471. The van der Waals surface area contributed by atoms with E-state index in [4.69, 9.17) is 5.73 Å². The molecule has 21 heavy (non-hydrogen) atoms. The lowest BCUT2D eigenvalue weighted by molar-refractivity contribution is 0.0752. The van der Waals surface area contributed by atoms with Crippen LogP contribution in [0.5, 0.6) is 0 Å². The van der Waals surface area contributed by atoms with E-state index in [-0.39, 0.29) is 5.91 Å². The fourth-order valence-corrected chi connectivity index (χ4v) is 3.99. The van der Waals surface area contributed by atoms with Crippen LogP contribution in [0.25, 0.3) is 0 Å². The summed E-state index contributed by atoms with van der Waals surface area (Å²) < 4.78 is 0. The monoisotopic (exact) mass is 302 g/mol. The lowest BCUT2D eigenvalue weighted by Gasteiger charge is -2.35. The van der Waals surface area contributed by atoms with Gasteiger partial charge in [-0.25, -0.2) is 0 Å². The van der Waals surface area contributed by atoms with Gasteiger partial charge in [-0.15, -0.1) is 0 Å². The molecule has 0 bridgehead atoms. The average molecular weight is 302 g/mol. The van der Waals surface area contributed by atoms with E-state index >= 15 is 0 Å². The van der Waals surface area contributed by atoms with E-state index in [1.165, 1.54) is 0 Å². The maximum absolute atomic E-state index is 12.8. The van der Waals surface area contributed by atoms with Crippen molar-refractivity contribution in [2.45, 2.75) is 31.3 Å². The first-order valence-corrected chi connectivity index (χ1v) is 8.20. The van der Waals surface area contributed by atoms with Gasteiger partial charge in [0.15, 0.2) is 0 Å². The number of carbonyl (C=O) groups is 1. The van der Waals surface area contributed by atoms with Gasteiger partial charge in [0.2, 0.25) is 0 Å². The van der Waals surface area contributed by atoms with Crippen LogP contribution < -0.4 is 5.73 Å². The van der Waals surface area contributed by atoms with E-state index < -0.39 is 0 Å². The summed E-state index contributed by atoms with van der Waals surface area (Å²) in [5, 5.41) is 0.969. The normalized spacial score (nSPS) is 21.6. The second kappa shape index (κ2) is 7.02. The fourth-order valence-electron chi connectivity index (χ4n) is 2.66. The standard InChI is InChI=1S/C17H22N2OS/c1-12-10-19(11-13(2)21-12)17(20)16-8-4-6-15(14(16)3)7-5-9-18/h4,6,8,12-13H,9-11,18H2,1-3H3. The third-order valence-electron chi connectivity index (χ3n) is 3.60. The molecule has 1 aromatic rings. The molecule has 0 saturated carbocycles. The van der Waals surface area contributed by atoms with Gasteiger partial charge in [-0.3, -0.25) is 4.79 Å². The predicted octanol–water partition coefficient (Wildman–Crippen LogP) is 2.27. The number of benzene rings is 1. The van der Waals surface area contributed by atoms with Gasteiger partial charge in [0.05, 0.1) is 6.54 Å². The molecule has 0 radical (unpaired) electrons. The maximum Gasteiger partial charge on any atom is 0.254 e. The summed E-state index contributed by atoms with van der Waals surface area (Å²) >= 11 is 1.95. The quantitative estimate of drug-likeness (QED) is 0.810. The molecule has 2 unspecified atom stereocenters. The zero-order valence-corrected chi connectivity index (χ0v) is 13.7. The zero-order chi connectivity index (χ0) is 15.4. The highest BCUT2D eigenvalue weighted by atomic mass is 32.2. The minimum Gasteiger partial charge on any atom is -0.336 e. The van der Waals surface area contributed by atoms with Gasteiger partial charge in [-0.2, -0.15) is 11.8 Å². The SMILES string of the molecule is Cc1c(C#CCN)cccc1C(=O)N1CC(C)SC(C)C1. The third-order valence-corrected chi connectivity index (χ3v) is 4.82. The summed E-state index contributed by atoms with van der Waals surface area (Å²) in [7, 11) is 0. The minimum atomic E-state index is 0.114. The molecule has 3 nitrogen and oxygen atoms in total. The Kier molecular flexibility index (Phi) is 5.33. The van der Waals surface area contributed by atoms with Crippen molar-refractivity contribution in [2.75, 3.05) is 19.6 Å². The Balaban J connectivity index is 2.27. The summed E-state index contributed by atoms with van der Waals surface area (Å²) in [5.41, 5.74) is 8.01. The molecule has 1 fully saturated rings. The number of nitrogens with zero attached hydrogens (tertiary/aromatic N) is 1. The Hall–Kier alpha value is -1.44. The number of amides is 1. The van der Waals surface area contributed by atoms with Crippen molar-refractivity contribution in [1.82, 2.24) is 4.90 Å². The van der Waals surface area contributed by atoms with Crippen molar-refractivity contribution in [2.24, 2.45) is 5.73 Å². The predicted molar refractivity (Wildman–Crippen MR) is 89.5 cm³/mol. The van der Waals surface area contributed by atoms with E-state index in [0.29, 0.717) is 17.0 Å². The summed E-state index contributed by atoms with van der Waals surface area (Å²) in [6, 6.07) is 5.72. The summed E-state index contributed by atoms with van der Waals surface area (Å²) in [5.74, 6) is 6.01. The van der Waals surface area contributed by atoms with Crippen LogP contribution in [-0.4, -0.2) is 40.9 Å². The number of hydrogen-bond acceptors (Lipinski definition) is 3. The van der Waals surface area contributed by atoms with E-state index in [1.807, 2.05) is 41.8 Å². The summed E-state index contributed by atoms with van der Waals surface area (Å²) in [6.07, 6.45) is 0. The highest BCUT2D eigenvalue weighted by Crippen LogP contribution is 2.26. The highest BCUT2D eigenvalue weighted by molar-refractivity contribution is 8.00.